The summed E-state index contributed by atoms with van der Waals surface area (Å²) in [5.74, 6) is -0.581. The first kappa shape index (κ1) is 22.0. The molecule has 3 aromatic rings. The van der Waals surface area contributed by atoms with E-state index in [0.29, 0.717) is 43.1 Å². The lowest BCUT2D eigenvalue weighted by atomic mass is 10.1. The average molecular weight is 446 g/mol. The van der Waals surface area contributed by atoms with Gasteiger partial charge < -0.3 is 20.3 Å². The summed E-state index contributed by atoms with van der Waals surface area (Å²) in [6.07, 6.45) is 6.15. The van der Waals surface area contributed by atoms with Crippen molar-refractivity contribution in [1.82, 2.24) is 9.88 Å². The Labute approximate surface area is 190 Å². The van der Waals surface area contributed by atoms with Gasteiger partial charge in [0.25, 0.3) is 0 Å². The Morgan fingerprint density at radius 2 is 1.79 bits per heavy atom. The van der Waals surface area contributed by atoms with Gasteiger partial charge in [-0.2, -0.15) is 0 Å². The fourth-order valence-corrected chi connectivity index (χ4v) is 3.53. The molecule has 4 rings (SSSR count). The van der Waals surface area contributed by atoms with E-state index < -0.39 is 11.7 Å². The summed E-state index contributed by atoms with van der Waals surface area (Å²) < 4.78 is 19.9. The maximum Gasteiger partial charge on any atom is 0.248 e. The van der Waals surface area contributed by atoms with Crippen LogP contribution in [0.15, 0.2) is 73.1 Å². The van der Waals surface area contributed by atoms with Gasteiger partial charge in [-0.05, 0) is 60.2 Å². The smallest absolute Gasteiger partial charge is 0.248 e. The number of aromatic nitrogens is 1. The Morgan fingerprint density at radius 3 is 2.42 bits per heavy atom. The number of piperazine rings is 1. The molecule has 1 fully saturated rings. The fourth-order valence-electron chi connectivity index (χ4n) is 3.53. The van der Waals surface area contributed by atoms with E-state index in [0.717, 1.165) is 5.69 Å². The number of hydrogen-bond donors (Lipinski definition) is 1. The number of carbonyl (C=O) groups is 2. The van der Waals surface area contributed by atoms with Gasteiger partial charge in [-0.1, -0.05) is 6.07 Å². The van der Waals surface area contributed by atoms with Gasteiger partial charge in [0.1, 0.15) is 5.75 Å². The van der Waals surface area contributed by atoms with Gasteiger partial charge in [-0.15, -0.1) is 0 Å². The minimum Gasteiger partial charge on any atom is -0.453 e. The Kier molecular flexibility index (Phi) is 6.64. The summed E-state index contributed by atoms with van der Waals surface area (Å²) in [5, 5.41) is 0. The van der Waals surface area contributed by atoms with Crippen molar-refractivity contribution >= 4 is 23.6 Å². The molecule has 0 atom stereocenters. The Balaban J connectivity index is 1.32. The highest BCUT2D eigenvalue weighted by Crippen LogP contribution is 2.25. The maximum atomic E-state index is 14.4. The van der Waals surface area contributed by atoms with Crippen molar-refractivity contribution in [2.75, 3.05) is 31.1 Å². The summed E-state index contributed by atoms with van der Waals surface area (Å²) in [5.41, 5.74) is 7.28. The normalized spacial score (nSPS) is 13.8. The van der Waals surface area contributed by atoms with E-state index in [9.17, 15) is 14.0 Å². The van der Waals surface area contributed by atoms with Gasteiger partial charge in [-0.3, -0.25) is 14.6 Å². The largest absolute Gasteiger partial charge is 0.453 e. The predicted octanol–water partition coefficient (Wildman–Crippen LogP) is 3.47. The second kappa shape index (κ2) is 9.95. The molecule has 33 heavy (non-hydrogen) atoms. The van der Waals surface area contributed by atoms with E-state index in [1.807, 2.05) is 12.1 Å². The Morgan fingerprint density at radius 1 is 1.03 bits per heavy atom. The molecule has 2 heterocycles. The first-order valence-corrected chi connectivity index (χ1v) is 10.5. The summed E-state index contributed by atoms with van der Waals surface area (Å²) in [4.78, 5) is 31.6. The Bertz CT molecular complexity index is 1160. The zero-order valence-electron chi connectivity index (χ0n) is 17.9. The molecular formula is C25H23FN4O3. The maximum absolute atomic E-state index is 14.4. The van der Waals surface area contributed by atoms with Crippen LogP contribution in [0.4, 0.5) is 10.1 Å². The SMILES string of the molecule is NC(=O)c1ccc(N2CCN(C(=O)/C=C/c3ccc(Oc4cccnc4)c(F)c3)CC2)cc1. The number of carbonyl (C=O) groups excluding carboxylic acids is 2. The van der Waals surface area contributed by atoms with Crippen molar-refractivity contribution in [2.45, 2.75) is 0 Å². The van der Waals surface area contributed by atoms with Crippen molar-refractivity contribution in [3.05, 3.63) is 90.0 Å². The molecule has 2 amide bonds. The molecule has 0 saturated carbocycles. The molecular weight excluding hydrogens is 423 g/mol. The second-order valence-electron chi connectivity index (χ2n) is 7.54. The zero-order chi connectivity index (χ0) is 23.2. The predicted molar refractivity (Wildman–Crippen MR) is 123 cm³/mol. The molecule has 1 saturated heterocycles. The molecule has 0 bridgehead atoms. The third-order valence-electron chi connectivity index (χ3n) is 5.34. The minimum atomic E-state index is -0.524. The van der Waals surface area contributed by atoms with Crippen LogP contribution in [0, 0.1) is 5.82 Å². The van der Waals surface area contributed by atoms with Crippen LogP contribution in [0.5, 0.6) is 11.5 Å². The number of anilines is 1. The number of rotatable bonds is 6. The second-order valence-corrected chi connectivity index (χ2v) is 7.54. The highest BCUT2D eigenvalue weighted by Gasteiger charge is 2.20. The van der Waals surface area contributed by atoms with Gasteiger partial charge in [0.15, 0.2) is 11.6 Å². The van der Waals surface area contributed by atoms with Crippen molar-refractivity contribution in [3.63, 3.8) is 0 Å². The van der Waals surface area contributed by atoms with Crippen molar-refractivity contribution in [1.29, 1.82) is 0 Å². The number of halogens is 1. The van der Waals surface area contributed by atoms with E-state index in [2.05, 4.69) is 9.88 Å². The van der Waals surface area contributed by atoms with Gasteiger partial charge in [0, 0.05) is 49.7 Å². The van der Waals surface area contributed by atoms with Crippen LogP contribution < -0.4 is 15.4 Å². The number of amides is 2. The molecule has 1 aromatic heterocycles. The summed E-state index contributed by atoms with van der Waals surface area (Å²) in [6, 6.07) is 15.0. The molecule has 168 valence electrons. The minimum absolute atomic E-state index is 0.0893. The average Bonchev–Trinajstić information content (AvgIpc) is 2.85. The molecule has 2 N–H and O–H groups in total. The van der Waals surface area contributed by atoms with E-state index in [-0.39, 0.29) is 11.7 Å². The van der Waals surface area contributed by atoms with Crippen LogP contribution in [0.2, 0.25) is 0 Å². The van der Waals surface area contributed by atoms with Crippen molar-refractivity contribution in [2.24, 2.45) is 5.73 Å². The van der Waals surface area contributed by atoms with Crippen LogP contribution in [-0.4, -0.2) is 47.9 Å². The molecule has 0 aliphatic carbocycles. The highest BCUT2D eigenvalue weighted by atomic mass is 19.1. The molecule has 8 heteroatoms. The highest BCUT2D eigenvalue weighted by molar-refractivity contribution is 5.93. The summed E-state index contributed by atoms with van der Waals surface area (Å²) in [7, 11) is 0. The molecule has 1 aliphatic rings. The standard InChI is InChI=1S/C25H23FN4O3/c26-22-16-18(3-9-23(22)33-21-2-1-11-28-17-21)4-10-24(31)30-14-12-29(13-15-30)20-7-5-19(6-8-20)25(27)32/h1-11,16-17H,12-15H2,(H2,27,32)/b10-4+. The van der Waals surface area contributed by atoms with Crippen LogP contribution in [0.25, 0.3) is 6.08 Å². The zero-order valence-corrected chi connectivity index (χ0v) is 17.9. The topological polar surface area (TPSA) is 88.8 Å². The number of ether oxygens (including phenoxy) is 1. The molecule has 1 aliphatic heterocycles. The van der Waals surface area contributed by atoms with Crippen LogP contribution >= 0.6 is 0 Å². The molecule has 0 radical (unpaired) electrons. The van der Waals surface area contributed by atoms with Crippen molar-refractivity contribution in [3.8, 4) is 11.5 Å². The summed E-state index contributed by atoms with van der Waals surface area (Å²) in [6.45, 7) is 2.47. The third kappa shape index (κ3) is 5.54. The van der Waals surface area contributed by atoms with E-state index in [1.165, 1.54) is 24.4 Å². The lowest BCUT2D eigenvalue weighted by Gasteiger charge is -2.35. The number of primary amides is 1. The number of benzene rings is 2. The van der Waals surface area contributed by atoms with Crippen molar-refractivity contribution < 1.29 is 18.7 Å². The first-order valence-electron chi connectivity index (χ1n) is 10.5. The van der Waals surface area contributed by atoms with Crippen LogP contribution in [0.1, 0.15) is 15.9 Å². The molecule has 7 nitrogen and oxygen atoms in total. The molecule has 0 unspecified atom stereocenters. The number of pyridine rings is 1. The van der Waals surface area contributed by atoms with Gasteiger partial charge in [-0.25, -0.2) is 4.39 Å². The van der Waals surface area contributed by atoms with Crippen LogP contribution in [0.3, 0.4) is 0 Å². The van der Waals surface area contributed by atoms with Gasteiger partial charge in [0.2, 0.25) is 11.8 Å². The van der Waals surface area contributed by atoms with E-state index in [4.69, 9.17) is 10.5 Å². The molecule has 2 aromatic carbocycles. The number of nitrogens with two attached hydrogens (primary N) is 1. The Hall–Kier alpha value is -4.20. The lowest BCUT2D eigenvalue weighted by Crippen LogP contribution is -2.48. The number of nitrogens with zero attached hydrogens (tertiary/aromatic N) is 3. The first-order chi connectivity index (χ1) is 16.0. The van der Waals surface area contributed by atoms with Gasteiger partial charge >= 0.3 is 0 Å². The van der Waals surface area contributed by atoms with Gasteiger partial charge in [0.05, 0.1) is 6.20 Å². The fraction of sp³-hybridized carbons (Fsp3) is 0.160. The number of hydrogen-bond acceptors (Lipinski definition) is 5. The molecule has 0 spiro atoms. The summed E-state index contributed by atoms with van der Waals surface area (Å²) >= 11 is 0. The van der Waals surface area contributed by atoms with E-state index in [1.54, 1.807) is 47.5 Å². The quantitative estimate of drug-likeness (QED) is 0.586. The van der Waals surface area contributed by atoms with Crippen LogP contribution in [-0.2, 0) is 4.79 Å². The third-order valence-corrected chi connectivity index (χ3v) is 5.34. The monoisotopic (exact) mass is 446 g/mol. The van der Waals surface area contributed by atoms with E-state index >= 15 is 0 Å². The lowest BCUT2D eigenvalue weighted by molar-refractivity contribution is -0.126.